The molecule has 0 unspecified atom stereocenters. The lowest BCUT2D eigenvalue weighted by Gasteiger charge is -2.03. The molecule has 1 heteroatoms. The van der Waals surface area contributed by atoms with Gasteiger partial charge in [-0.3, -0.25) is 0 Å². The van der Waals surface area contributed by atoms with Crippen molar-refractivity contribution in [2.24, 2.45) is 0 Å². The Bertz CT molecular complexity index is 622. The zero-order valence-corrected chi connectivity index (χ0v) is 9.07. The third-order valence-corrected chi connectivity index (χ3v) is 2.93. The number of fused-ring (bicyclic) bond motifs is 2. The third kappa shape index (κ3) is 1.41. The Morgan fingerprint density at radius 3 is 2.06 bits per heavy atom. The minimum absolute atomic E-state index is 0.318. The molecule has 0 saturated heterocycles. The van der Waals surface area contributed by atoms with Gasteiger partial charge in [0.25, 0.3) is 0 Å². The molecule has 0 aliphatic carbocycles. The van der Waals surface area contributed by atoms with E-state index in [0.29, 0.717) is 5.75 Å². The molecule has 16 heavy (non-hydrogen) atoms. The normalized spacial score (nSPS) is 11.1. The Morgan fingerprint density at radius 1 is 0.688 bits per heavy atom. The molecule has 3 aromatic carbocycles. The molecule has 0 aliphatic heterocycles. The number of aryl methyl sites for hydroxylation is 1. The molecule has 1 N–H and O–H groups in total. The van der Waals surface area contributed by atoms with E-state index >= 15 is 0 Å². The smallest absolute Gasteiger partial charge is 0.116 e. The predicted molar refractivity (Wildman–Crippen MR) is 67.9 cm³/mol. The van der Waals surface area contributed by atoms with Gasteiger partial charge in [-0.25, -0.2) is 0 Å². The largest absolute Gasteiger partial charge is 0.508 e. The molecule has 0 amide bonds. The van der Waals surface area contributed by atoms with E-state index in [1.807, 2.05) is 6.07 Å². The summed E-state index contributed by atoms with van der Waals surface area (Å²) in [6.07, 6.45) is 0. The van der Waals surface area contributed by atoms with E-state index in [1.54, 1.807) is 12.1 Å². The fraction of sp³-hybridized carbons (Fsp3) is 0.0667. The van der Waals surface area contributed by atoms with Gasteiger partial charge in [0, 0.05) is 0 Å². The number of phenolic OH excluding ortho intramolecular Hbond substituents is 1. The van der Waals surface area contributed by atoms with Crippen LogP contribution >= 0.6 is 0 Å². The van der Waals surface area contributed by atoms with Gasteiger partial charge in [-0.1, -0.05) is 29.8 Å². The first kappa shape index (κ1) is 9.22. The molecule has 0 spiro atoms. The lowest BCUT2D eigenvalue weighted by atomic mass is 10.0. The topological polar surface area (TPSA) is 20.2 Å². The van der Waals surface area contributed by atoms with Crippen LogP contribution in [0, 0.1) is 6.92 Å². The maximum Gasteiger partial charge on any atom is 0.116 e. The van der Waals surface area contributed by atoms with Gasteiger partial charge in [0.05, 0.1) is 0 Å². The first-order chi connectivity index (χ1) is 7.72. The molecule has 1 nitrogen and oxygen atoms in total. The van der Waals surface area contributed by atoms with Crippen LogP contribution in [0.1, 0.15) is 5.56 Å². The van der Waals surface area contributed by atoms with Crippen LogP contribution < -0.4 is 0 Å². The summed E-state index contributed by atoms with van der Waals surface area (Å²) in [5, 5.41) is 14.1. The van der Waals surface area contributed by atoms with Gasteiger partial charge < -0.3 is 5.11 Å². The van der Waals surface area contributed by atoms with Crippen LogP contribution in [-0.4, -0.2) is 5.11 Å². The van der Waals surface area contributed by atoms with Crippen molar-refractivity contribution < 1.29 is 5.11 Å². The summed E-state index contributed by atoms with van der Waals surface area (Å²) < 4.78 is 0. The van der Waals surface area contributed by atoms with Crippen LogP contribution in [0.25, 0.3) is 21.5 Å². The highest BCUT2D eigenvalue weighted by Gasteiger charge is 1.99. The van der Waals surface area contributed by atoms with E-state index in [1.165, 1.54) is 16.3 Å². The summed E-state index contributed by atoms with van der Waals surface area (Å²) in [6.45, 7) is 2.10. The Balaban J connectivity index is 2.44. The first-order valence-corrected chi connectivity index (χ1v) is 5.35. The molecule has 0 saturated carbocycles. The predicted octanol–water partition coefficient (Wildman–Crippen LogP) is 4.01. The lowest BCUT2D eigenvalue weighted by Crippen LogP contribution is -1.78. The quantitative estimate of drug-likeness (QED) is 0.553. The van der Waals surface area contributed by atoms with E-state index in [2.05, 4.69) is 37.3 Å². The van der Waals surface area contributed by atoms with Gasteiger partial charge in [-0.2, -0.15) is 0 Å². The lowest BCUT2D eigenvalue weighted by molar-refractivity contribution is 0.476. The molecule has 0 atom stereocenters. The molecule has 3 aromatic rings. The van der Waals surface area contributed by atoms with Crippen LogP contribution in [-0.2, 0) is 0 Å². The average Bonchev–Trinajstić information content (AvgIpc) is 2.26. The second kappa shape index (κ2) is 3.24. The summed E-state index contributed by atoms with van der Waals surface area (Å²) in [6, 6.07) is 16.2. The number of hydrogen-bond donors (Lipinski definition) is 1. The van der Waals surface area contributed by atoms with Crippen molar-refractivity contribution in [1.82, 2.24) is 0 Å². The first-order valence-electron chi connectivity index (χ1n) is 5.35. The molecular weight excluding hydrogens is 196 g/mol. The standard InChI is InChI=1S/C15H12O/c1-10-2-3-11-8-14-9-15(16)5-4-12(14)7-13(11)6-10/h2-9,16H,1H3. The van der Waals surface area contributed by atoms with Crippen LogP contribution in [0.4, 0.5) is 0 Å². The fourth-order valence-corrected chi connectivity index (χ4v) is 2.10. The summed E-state index contributed by atoms with van der Waals surface area (Å²) in [7, 11) is 0. The highest BCUT2D eigenvalue weighted by Crippen LogP contribution is 2.26. The molecule has 0 aliphatic rings. The Kier molecular flexibility index (Phi) is 1.87. The molecule has 0 aromatic heterocycles. The van der Waals surface area contributed by atoms with Gasteiger partial charge in [-0.15, -0.1) is 0 Å². The third-order valence-electron chi connectivity index (χ3n) is 2.93. The summed E-state index contributed by atoms with van der Waals surface area (Å²) >= 11 is 0. The van der Waals surface area contributed by atoms with Gasteiger partial charge in [-0.05, 0) is 52.7 Å². The van der Waals surface area contributed by atoms with E-state index in [-0.39, 0.29) is 0 Å². The fourth-order valence-electron chi connectivity index (χ4n) is 2.10. The number of aromatic hydroxyl groups is 1. The molecular formula is C15H12O. The Hall–Kier alpha value is -2.02. The molecule has 78 valence electrons. The maximum absolute atomic E-state index is 9.45. The molecule has 0 bridgehead atoms. The SMILES string of the molecule is Cc1ccc2cc3cc(O)ccc3cc2c1. The molecule has 0 heterocycles. The Morgan fingerprint density at radius 2 is 1.31 bits per heavy atom. The molecule has 0 radical (unpaired) electrons. The van der Waals surface area contributed by atoms with Gasteiger partial charge in [0.1, 0.15) is 5.75 Å². The summed E-state index contributed by atoms with van der Waals surface area (Å²) in [5.74, 6) is 0.318. The van der Waals surface area contributed by atoms with Crippen LogP contribution in [0.15, 0.2) is 48.5 Å². The van der Waals surface area contributed by atoms with Crippen molar-refractivity contribution in [1.29, 1.82) is 0 Å². The van der Waals surface area contributed by atoms with E-state index in [0.717, 1.165) is 10.8 Å². The second-order valence-corrected chi connectivity index (χ2v) is 4.23. The van der Waals surface area contributed by atoms with Gasteiger partial charge >= 0.3 is 0 Å². The Labute approximate surface area is 94.0 Å². The second-order valence-electron chi connectivity index (χ2n) is 4.23. The number of benzene rings is 3. The van der Waals surface area contributed by atoms with Crippen molar-refractivity contribution in [2.45, 2.75) is 6.92 Å². The average molecular weight is 208 g/mol. The zero-order chi connectivity index (χ0) is 11.1. The molecule has 3 rings (SSSR count). The number of phenols is 1. The van der Waals surface area contributed by atoms with Gasteiger partial charge in [0.15, 0.2) is 0 Å². The highest BCUT2D eigenvalue weighted by atomic mass is 16.3. The van der Waals surface area contributed by atoms with Crippen molar-refractivity contribution in [3.8, 4) is 5.75 Å². The van der Waals surface area contributed by atoms with Crippen molar-refractivity contribution in [3.05, 3.63) is 54.1 Å². The number of rotatable bonds is 0. The zero-order valence-electron chi connectivity index (χ0n) is 9.07. The summed E-state index contributed by atoms with van der Waals surface area (Å²) in [5.41, 5.74) is 1.27. The number of hydrogen-bond acceptors (Lipinski definition) is 1. The van der Waals surface area contributed by atoms with Crippen molar-refractivity contribution in [2.75, 3.05) is 0 Å². The summed E-state index contributed by atoms with van der Waals surface area (Å²) in [4.78, 5) is 0. The molecule has 0 fully saturated rings. The van der Waals surface area contributed by atoms with Crippen molar-refractivity contribution in [3.63, 3.8) is 0 Å². The van der Waals surface area contributed by atoms with Crippen LogP contribution in [0.2, 0.25) is 0 Å². The van der Waals surface area contributed by atoms with Crippen LogP contribution in [0.5, 0.6) is 5.75 Å². The highest BCUT2D eigenvalue weighted by molar-refractivity contribution is 5.98. The minimum atomic E-state index is 0.318. The van der Waals surface area contributed by atoms with E-state index in [4.69, 9.17) is 0 Å². The monoisotopic (exact) mass is 208 g/mol. The van der Waals surface area contributed by atoms with E-state index < -0.39 is 0 Å². The van der Waals surface area contributed by atoms with Crippen molar-refractivity contribution >= 4 is 21.5 Å². The maximum atomic E-state index is 9.45. The minimum Gasteiger partial charge on any atom is -0.508 e. The van der Waals surface area contributed by atoms with E-state index in [9.17, 15) is 5.11 Å². The van der Waals surface area contributed by atoms with Crippen LogP contribution in [0.3, 0.4) is 0 Å². The van der Waals surface area contributed by atoms with Gasteiger partial charge in [0.2, 0.25) is 0 Å².